The number of nitrogens with zero attached hydrogens (tertiary/aromatic N) is 2. The highest BCUT2D eigenvalue weighted by Gasteiger charge is 2.13. The molecule has 0 atom stereocenters. The lowest BCUT2D eigenvalue weighted by atomic mass is 10.0. The van der Waals surface area contributed by atoms with Gasteiger partial charge in [0.1, 0.15) is 5.82 Å². The Morgan fingerprint density at radius 3 is 3.00 bits per heavy atom. The van der Waals surface area contributed by atoms with Crippen molar-refractivity contribution in [2.75, 3.05) is 11.9 Å². The van der Waals surface area contributed by atoms with Crippen LogP contribution >= 0.6 is 0 Å². The van der Waals surface area contributed by atoms with Gasteiger partial charge in [0, 0.05) is 12.7 Å². The molecule has 3 nitrogen and oxygen atoms in total. The van der Waals surface area contributed by atoms with E-state index < -0.39 is 0 Å². The van der Waals surface area contributed by atoms with Gasteiger partial charge in [-0.1, -0.05) is 25.7 Å². The summed E-state index contributed by atoms with van der Waals surface area (Å²) in [6.07, 6.45) is 8.45. The smallest absolute Gasteiger partial charge is 0.127 e. The van der Waals surface area contributed by atoms with Gasteiger partial charge in [-0.05, 0) is 24.5 Å². The van der Waals surface area contributed by atoms with E-state index in [-0.39, 0.29) is 0 Å². The average Bonchev–Trinajstić information content (AvgIpc) is 2.82. The Kier molecular flexibility index (Phi) is 3.76. The van der Waals surface area contributed by atoms with Gasteiger partial charge in [-0.3, -0.25) is 0 Å². The molecule has 1 N–H and O–H groups in total. The summed E-state index contributed by atoms with van der Waals surface area (Å²) >= 11 is 0. The minimum atomic E-state index is 0.665. The lowest BCUT2D eigenvalue weighted by Gasteiger charge is -2.10. The molecule has 0 unspecified atom stereocenters. The largest absolute Gasteiger partial charge is 0.370 e. The van der Waals surface area contributed by atoms with Crippen molar-refractivity contribution < 1.29 is 0 Å². The minimum Gasteiger partial charge on any atom is -0.370 e. The Balaban J connectivity index is 1.78. The molecule has 0 amide bonds. The standard InChI is InChI=1S/C13H17N3/c14-10-12-6-8-16-13(9-12)15-7-5-11-3-1-2-4-11/h6,8-9,11H,1-5,7H2,(H,15,16). The molecule has 1 aromatic rings. The molecule has 0 aliphatic heterocycles. The number of anilines is 1. The van der Waals surface area contributed by atoms with E-state index in [0.717, 1.165) is 18.3 Å². The maximum absolute atomic E-state index is 8.75. The van der Waals surface area contributed by atoms with Gasteiger partial charge in [0.15, 0.2) is 0 Å². The predicted octanol–water partition coefficient (Wildman–Crippen LogP) is 2.95. The zero-order valence-corrected chi connectivity index (χ0v) is 9.45. The lowest BCUT2D eigenvalue weighted by Crippen LogP contribution is -2.07. The van der Waals surface area contributed by atoms with Gasteiger partial charge in [-0.15, -0.1) is 0 Å². The molecule has 2 rings (SSSR count). The number of hydrogen-bond acceptors (Lipinski definition) is 3. The third-order valence-corrected chi connectivity index (χ3v) is 3.22. The van der Waals surface area contributed by atoms with E-state index in [9.17, 15) is 0 Å². The van der Waals surface area contributed by atoms with Crippen LogP contribution in [0.2, 0.25) is 0 Å². The zero-order chi connectivity index (χ0) is 11.2. The van der Waals surface area contributed by atoms with Gasteiger partial charge < -0.3 is 5.32 Å². The summed E-state index contributed by atoms with van der Waals surface area (Å²) in [7, 11) is 0. The van der Waals surface area contributed by atoms with Crippen LogP contribution in [0.3, 0.4) is 0 Å². The molecule has 0 spiro atoms. The molecule has 1 saturated carbocycles. The fraction of sp³-hybridized carbons (Fsp3) is 0.538. The zero-order valence-electron chi connectivity index (χ0n) is 9.45. The van der Waals surface area contributed by atoms with Crippen LogP contribution in [0.25, 0.3) is 0 Å². The first-order valence-corrected chi connectivity index (χ1v) is 5.98. The van der Waals surface area contributed by atoms with E-state index in [2.05, 4.69) is 16.4 Å². The first-order chi connectivity index (χ1) is 7.88. The summed E-state index contributed by atoms with van der Waals surface area (Å²) in [6, 6.07) is 5.64. The first kappa shape index (κ1) is 10.9. The maximum Gasteiger partial charge on any atom is 0.127 e. The van der Waals surface area contributed by atoms with Crippen LogP contribution in [0, 0.1) is 17.2 Å². The molecule has 0 saturated heterocycles. The summed E-state index contributed by atoms with van der Waals surface area (Å²) in [4.78, 5) is 4.19. The van der Waals surface area contributed by atoms with Gasteiger partial charge >= 0.3 is 0 Å². The molecule has 0 aromatic carbocycles. The average molecular weight is 215 g/mol. The van der Waals surface area contributed by atoms with Crippen LogP contribution in [0.15, 0.2) is 18.3 Å². The summed E-state index contributed by atoms with van der Waals surface area (Å²) in [5, 5.41) is 12.0. The van der Waals surface area contributed by atoms with Crippen LogP contribution in [0.5, 0.6) is 0 Å². The van der Waals surface area contributed by atoms with Crippen molar-refractivity contribution in [3.05, 3.63) is 23.9 Å². The van der Waals surface area contributed by atoms with Crippen molar-refractivity contribution in [1.29, 1.82) is 5.26 Å². The molecule has 1 heterocycles. The third kappa shape index (κ3) is 2.96. The summed E-state index contributed by atoms with van der Waals surface area (Å²) < 4.78 is 0. The van der Waals surface area contributed by atoms with Gasteiger partial charge in [0.2, 0.25) is 0 Å². The molecular formula is C13H17N3. The Morgan fingerprint density at radius 2 is 2.25 bits per heavy atom. The topological polar surface area (TPSA) is 48.7 Å². The molecule has 1 fully saturated rings. The van der Waals surface area contributed by atoms with Crippen LogP contribution in [0.1, 0.15) is 37.7 Å². The van der Waals surface area contributed by atoms with Gasteiger partial charge in [0.05, 0.1) is 11.6 Å². The first-order valence-electron chi connectivity index (χ1n) is 5.98. The molecule has 1 aliphatic carbocycles. The highest BCUT2D eigenvalue weighted by Crippen LogP contribution is 2.27. The van der Waals surface area contributed by atoms with E-state index in [0.29, 0.717) is 5.56 Å². The number of nitriles is 1. The number of rotatable bonds is 4. The normalized spacial score (nSPS) is 15.9. The molecule has 0 bridgehead atoms. The van der Waals surface area contributed by atoms with Crippen LogP contribution in [0.4, 0.5) is 5.82 Å². The molecule has 3 heteroatoms. The van der Waals surface area contributed by atoms with E-state index in [1.165, 1.54) is 32.1 Å². The van der Waals surface area contributed by atoms with Crippen LogP contribution < -0.4 is 5.32 Å². The monoisotopic (exact) mass is 215 g/mol. The predicted molar refractivity (Wildman–Crippen MR) is 64.0 cm³/mol. The molecule has 84 valence electrons. The maximum atomic E-state index is 8.75. The molecule has 16 heavy (non-hydrogen) atoms. The highest BCUT2D eigenvalue weighted by atomic mass is 15.0. The van der Waals surface area contributed by atoms with Crippen LogP contribution in [-0.2, 0) is 0 Å². The van der Waals surface area contributed by atoms with Gasteiger partial charge in [0.25, 0.3) is 0 Å². The second-order valence-electron chi connectivity index (χ2n) is 4.41. The Morgan fingerprint density at radius 1 is 1.44 bits per heavy atom. The summed E-state index contributed by atoms with van der Waals surface area (Å²) in [5.41, 5.74) is 0.665. The lowest BCUT2D eigenvalue weighted by molar-refractivity contribution is 0.518. The van der Waals surface area contributed by atoms with Crippen molar-refractivity contribution in [3.63, 3.8) is 0 Å². The number of hydrogen-bond donors (Lipinski definition) is 1. The Labute approximate surface area is 96.5 Å². The van der Waals surface area contributed by atoms with E-state index in [4.69, 9.17) is 5.26 Å². The number of pyridine rings is 1. The van der Waals surface area contributed by atoms with Crippen molar-refractivity contribution >= 4 is 5.82 Å². The fourth-order valence-electron chi connectivity index (χ4n) is 2.30. The van der Waals surface area contributed by atoms with Crippen molar-refractivity contribution in [3.8, 4) is 6.07 Å². The third-order valence-electron chi connectivity index (χ3n) is 3.22. The highest BCUT2D eigenvalue weighted by molar-refractivity contribution is 5.42. The summed E-state index contributed by atoms with van der Waals surface area (Å²) in [5.74, 6) is 1.71. The van der Waals surface area contributed by atoms with Crippen molar-refractivity contribution in [2.24, 2.45) is 5.92 Å². The summed E-state index contributed by atoms with van der Waals surface area (Å²) in [6.45, 7) is 0.965. The quantitative estimate of drug-likeness (QED) is 0.840. The number of nitrogens with one attached hydrogen (secondary N) is 1. The molecule has 1 aliphatic rings. The van der Waals surface area contributed by atoms with E-state index in [1.807, 2.05) is 0 Å². The van der Waals surface area contributed by atoms with E-state index >= 15 is 0 Å². The second-order valence-corrected chi connectivity index (χ2v) is 4.41. The van der Waals surface area contributed by atoms with Crippen molar-refractivity contribution in [2.45, 2.75) is 32.1 Å². The number of aromatic nitrogens is 1. The van der Waals surface area contributed by atoms with Crippen molar-refractivity contribution in [1.82, 2.24) is 4.98 Å². The minimum absolute atomic E-state index is 0.665. The van der Waals surface area contributed by atoms with Gasteiger partial charge in [-0.2, -0.15) is 5.26 Å². The molecule has 1 aromatic heterocycles. The second kappa shape index (κ2) is 5.50. The Hall–Kier alpha value is -1.56. The van der Waals surface area contributed by atoms with E-state index in [1.54, 1.807) is 18.3 Å². The molecular weight excluding hydrogens is 198 g/mol. The SMILES string of the molecule is N#Cc1ccnc(NCCC2CCCC2)c1. The van der Waals surface area contributed by atoms with Gasteiger partial charge in [-0.25, -0.2) is 4.98 Å². The molecule has 0 radical (unpaired) electrons. The fourth-order valence-corrected chi connectivity index (χ4v) is 2.30. The Bertz CT molecular complexity index is 375. The van der Waals surface area contributed by atoms with Crippen LogP contribution in [-0.4, -0.2) is 11.5 Å².